The zero-order valence-electron chi connectivity index (χ0n) is 15.9. The molecule has 0 aliphatic carbocycles. The smallest absolute Gasteiger partial charge is 0.234 e. The molecule has 0 radical (unpaired) electrons. The van der Waals surface area contributed by atoms with Gasteiger partial charge in [-0.1, -0.05) is 47.6 Å². The van der Waals surface area contributed by atoms with Crippen molar-refractivity contribution in [2.75, 3.05) is 11.1 Å². The molecule has 0 bridgehead atoms. The summed E-state index contributed by atoms with van der Waals surface area (Å²) in [6.45, 7) is 6.24. The Labute approximate surface area is 178 Å². The van der Waals surface area contributed by atoms with Crippen LogP contribution in [0.1, 0.15) is 18.9 Å². The Morgan fingerprint density at radius 3 is 2.66 bits per heavy atom. The summed E-state index contributed by atoms with van der Waals surface area (Å²) in [6.07, 6.45) is 1.46. The molecule has 0 aliphatic heterocycles. The maximum atomic E-state index is 12.3. The highest BCUT2D eigenvalue weighted by Crippen LogP contribution is 2.25. The monoisotopic (exact) mass is 428 g/mol. The summed E-state index contributed by atoms with van der Waals surface area (Å²) >= 11 is 7.17. The van der Waals surface area contributed by atoms with Crippen molar-refractivity contribution in [1.29, 1.82) is 0 Å². The van der Waals surface area contributed by atoms with Gasteiger partial charge in [-0.15, -0.1) is 16.8 Å². The number of rotatable bonds is 9. The number of hydrogen-bond acceptors (Lipinski definition) is 5. The molecule has 0 spiro atoms. The number of para-hydroxylation sites is 1. The molecule has 8 heteroatoms. The van der Waals surface area contributed by atoms with E-state index < -0.39 is 0 Å². The molecular formula is C21H21ClN4O2S. The summed E-state index contributed by atoms with van der Waals surface area (Å²) in [5, 5.41) is 12.6. The quantitative estimate of drug-likeness (QED) is 0.384. The average Bonchev–Trinajstić information content (AvgIpc) is 3.12. The van der Waals surface area contributed by atoms with E-state index in [1.807, 2.05) is 41.8 Å². The third kappa shape index (κ3) is 5.85. The molecule has 0 fully saturated rings. The summed E-state index contributed by atoms with van der Waals surface area (Å²) < 4.78 is 7.86. The van der Waals surface area contributed by atoms with Crippen molar-refractivity contribution in [3.8, 4) is 5.75 Å². The van der Waals surface area contributed by atoms with Crippen LogP contribution < -0.4 is 10.1 Å². The summed E-state index contributed by atoms with van der Waals surface area (Å²) in [7, 11) is 0. The van der Waals surface area contributed by atoms with Gasteiger partial charge in [0.1, 0.15) is 5.75 Å². The molecule has 1 N–H and O–H groups in total. The van der Waals surface area contributed by atoms with Gasteiger partial charge in [0.25, 0.3) is 0 Å². The first-order chi connectivity index (χ1) is 14.1. The maximum Gasteiger partial charge on any atom is 0.234 e. The average molecular weight is 429 g/mol. The zero-order chi connectivity index (χ0) is 20.6. The van der Waals surface area contributed by atoms with E-state index in [0.29, 0.717) is 28.2 Å². The lowest BCUT2D eigenvalue weighted by Crippen LogP contribution is -2.15. The zero-order valence-corrected chi connectivity index (χ0v) is 17.5. The minimum absolute atomic E-state index is 0.138. The van der Waals surface area contributed by atoms with Crippen molar-refractivity contribution in [2.24, 2.45) is 0 Å². The highest BCUT2D eigenvalue weighted by Gasteiger charge is 2.19. The number of benzene rings is 2. The minimum atomic E-state index is -0.304. The molecule has 6 nitrogen and oxygen atoms in total. The fraction of sp³-hybridized carbons (Fsp3) is 0.190. The van der Waals surface area contributed by atoms with Gasteiger partial charge in [0.2, 0.25) is 5.91 Å². The number of hydrogen-bond donors (Lipinski definition) is 1. The third-order valence-electron chi connectivity index (χ3n) is 3.94. The molecule has 0 saturated carbocycles. The van der Waals surface area contributed by atoms with E-state index in [2.05, 4.69) is 22.1 Å². The van der Waals surface area contributed by atoms with Crippen LogP contribution in [0.5, 0.6) is 5.75 Å². The Balaban J connectivity index is 1.65. The summed E-state index contributed by atoms with van der Waals surface area (Å²) in [4.78, 5) is 12.3. The highest BCUT2D eigenvalue weighted by atomic mass is 35.5. The van der Waals surface area contributed by atoms with Crippen molar-refractivity contribution in [2.45, 2.75) is 24.7 Å². The standard InChI is InChI=1S/C21H21ClN4O2S/c1-3-13-26-20(15(2)28-18-7-5-4-6-8-18)24-25-21(26)29-14-19(27)23-17-11-9-16(22)10-12-17/h3-12,15H,1,13-14H2,2H3,(H,23,27)/t15-/m0/s1. The molecule has 3 rings (SSSR count). The summed E-state index contributed by atoms with van der Waals surface area (Å²) in [5.74, 6) is 1.49. The van der Waals surface area contributed by atoms with Gasteiger partial charge in [0.05, 0.1) is 5.75 Å². The largest absolute Gasteiger partial charge is 0.483 e. The van der Waals surface area contributed by atoms with Crippen molar-refractivity contribution < 1.29 is 9.53 Å². The van der Waals surface area contributed by atoms with E-state index in [0.717, 1.165) is 5.75 Å². The van der Waals surface area contributed by atoms with Crippen LogP contribution in [-0.2, 0) is 11.3 Å². The van der Waals surface area contributed by atoms with Gasteiger partial charge in [-0.2, -0.15) is 0 Å². The van der Waals surface area contributed by atoms with Crippen molar-refractivity contribution in [1.82, 2.24) is 14.8 Å². The van der Waals surface area contributed by atoms with E-state index in [-0.39, 0.29) is 17.8 Å². The number of amides is 1. The topological polar surface area (TPSA) is 69.0 Å². The van der Waals surface area contributed by atoms with Crippen LogP contribution in [0.25, 0.3) is 0 Å². The van der Waals surface area contributed by atoms with Gasteiger partial charge in [0.15, 0.2) is 17.1 Å². The van der Waals surface area contributed by atoms with Crippen LogP contribution in [0, 0.1) is 0 Å². The molecule has 1 aromatic heterocycles. The van der Waals surface area contributed by atoms with Crippen LogP contribution in [0.4, 0.5) is 5.69 Å². The van der Waals surface area contributed by atoms with Gasteiger partial charge in [-0.05, 0) is 43.3 Å². The Kier molecular flexibility index (Phi) is 7.32. The molecular weight excluding hydrogens is 408 g/mol. The number of ether oxygens (including phenoxy) is 1. The Morgan fingerprint density at radius 2 is 1.97 bits per heavy atom. The van der Waals surface area contributed by atoms with Crippen LogP contribution in [0.3, 0.4) is 0 Å². The predicted molar refractivity (Wildman–Crippen MR) is 117 cm³/mol. The second-order valence-electron chi connectivity index (χ2n) is 6.16. The Hall–Kier alpha value is -2.77. The van der Waals surface area contributed by atoms with Crippen molar-refractivity contribution >= 4 is 35.0 Å². The fourth-order valence-electron chi connectivity index (χ4n) is 2.62. The molecule has 0 aliphatic rings. The number of nitrogens with zero attached hydrogens (tertiary/aromatic N) is 3. The molecule has 29 heavy (non-hydrogen) atoms. The Bertz CT molecular complexity index is 961. The van der Waals surface area contributed by atoms with Crippen LogP contribution in [0.2, 0.25) is 5.02 Å². The minimum Gasteiger partial charge on any atom is -0.483 e. The molecule has 2 aromatic carbocycles. The fourth-order valence-corrected chi connectivity index (χ4v) is 3.51. The second kappa shape index (κ2) is 10.1. The number of thioether (sulfide) groups is 1. The third-order valence-corrected chi connectivity index (χ3v) is 5.16. The first kappa shape index (κ1) is 21.0. The van der Waals surface area contributed by atoms with E-state index in [4.69, 9.17) is 16.3 Å². The van der Waals surface area contributed by atoms with Gasteiger partial charge in [0, 0.05) is 17.3 Å². The molecule has 150 valence electrons. The normalized spacial score (nSPS) is 11.7. The lowest BCUT2D eigenvalue weighted by molar-refractivity contribution is -0.113. The van der Waals surface area contributed by atoms with Gasteiger partial charge >= 0.3 is 0 Å². The van der Waals surface area contributed by atoms with Crippen LogP contribution >= 0.6 is 23.4 Å². The first-order valence-corrected chi connectivity index (χ1v) is 10.4. The van der Waals surface area contributed by atoms with Gasteiger partial charge in [-0.25, -0.2) is 0 Å². The van der Waals surface area contributed by atoms with E-state index in [1.54, 1.807) is 30.3 Å². The molecule has 1 heterocycles. The first-order valence-electron chi connectivity index (χ1n) is 9.00. The summed E-state index contributed by atoms with van der Waals surface area (Å²) in [6, 6.07) is 16.5. The van der Waals surface area contributed by atoms with Crippen molar-refractivity contribution in [3.63, 3.8) is 0 Å². The maximum absolute atomic E-state index is 12.3. The lowest BCUT2D eigenvalue weighted by atomic mass is 10.3. The molecule has 3 aromatic rings. The number of carbonyl (C=O) groups excluding carboxylic acids is 1. The molecule has 0 unspecified atom stereocenters. The van der Waals surface area contributed by atoms with Crippen LogP contribution in [0.15, 0.2) is 72.4 Å². The number of halogens is 1. The molecule has 1 atom stereocenters. The van der Waals surface area contributed by atoms with Gasteiger partial charge < -0.3 is 10.1 Å². The number of carbonyl (C=O) groups is 1. The highest BCUT2D eigenvalue weighted by molar-refractivity contribution is 7.99. The van der Waals surface area contributed by atoms with E-state index in [9.17, 15) is 4.79 Å². The molecule has 1 amide bonds. The number of anilines is 1. The van der Waals surface area contributed by atoms with Gasteiger partial charge in [-0.3, -0.25) is 9.36 Å². The SMILES string of the molecule is C=CCn1c(SCC(=O)Nc2ccc(Cl)cc2)nnc1[C@H](C)Oc1ccccc1. The number of nitrogens with one attached hydrogen (secondary N) is 1. The number of allylic oxidation sites excluding steroid dienone is 1. The second-order valence-corrected chi connectivity index (χ2v) is 7.54. The molecule has 0 saturated heterocycles. The Morgan fingerprint density at radius 1 is 1.24 bits per heavy atom. The number of aromatic nitrogens is 3. The van der Waals surface area contributed by atoms with E-state index >= 15 is 0 Å². The van der Waals surface area contributed by atoms with E-state index in [1.165, 1.54) is 11.8 Å². The summed E-state index contributed by atoms with van der Waals surface area (Å²) in [5.41, 5.74) is 0.693. The van der Waals surface area contributed by atoms with Crippen molar-refractivity contribution in [3.05, 3.63) is 78.1 Å². The lowest BCUT2D eigenvalue weighted by Gasteiger charge is -2.15. The predicted octanol–water partition coefficient (Wildman–Crippen LogP) is 4.99. The van der Waals surface area contributed by atoms with Crippen LogP contribution in [-0.4, -0.2) is 26.4 Å².